The number of nitrogens with one attached hydrogen (secondary N) is 1. The van der Waals surface area contributed by atoms with Gasteiger partial charge in [0.05, 0.1) is 18.5 Å². The van der Waals surface area contributed by atoms with Crippen LogP contribution in [0, 0.1) is 6.92 Å². The Bertz CT molecular complexity index is 1050. The zero-order valence-corrected chi connectivity index (χ0v) is 17.8. The molecule has 0 aromatic heterocycles. The maximum absolute atomic E-state index is 12.8. The van der Waals surface area contributed by atoms with Gasteiger partial charge in [0.1, 0.15) is 0 Å². The van der Waals surface area contributed by atoms with E-state index in [0.29, 0.717) is 23.4 Å². The van der Waals surface area contributed by atoms with Crippen LogP contribution < -0.4 is 9.62 Å². The van der Waals surface area contributed by atoms with Gasteiger partial charge in [0, 0.05) is 24.3 Å². The molecule has 154 valence electrons. The van der Waals surface area contributed by atoms with E-state index in [-0.39, 0.29) is 24.4 Å². The largest absolute Gasteiger partial charge is 0.332 e. The molecule has 2 aromatic carbocycles. The number of aryl methyl sites for hydroxylation is 1. The molecule has 0 saturated carbocycles. The van der Waals surface area contributed by atoms with Crippen LogP contribution in [0.5, 0.6) is 0 Å². The molecule has 7 nitrogen and oxygen atoms in total. The molecule has 2 amide bonds. The molecule has 29 heavy (non-hydrogen) atoms. The van der Waals surface area contributed by atoms with Crippen LogP contribution in [0.4, 0.5) is 11.4 Å². The summed E-state index contributed by atoms with van der Waals surface area (Å²) >= 11 is 0. The molecule has 1 heterocycles. The Hall–Kier alpha value is -2.87. The quantitative estimate of drug-likeness (QED) is 0.813. The van der Waals surface area contributed by atoms with Crippen molar-refractivity contribution in [2.24, 2.45) is 0 Å². The Morgan fingerprint density at radius 1 is 1.17 bits per heavy atom. The Morgan fingerprint density at radius 3 is 2.45 bits per heavy atom. The lowest BCUT2D eigenvalue weighted by molar-refractivity contribution is -0.116. The summed E-state index contributed by atoms with van der Waals surface area (Å²) in [6.07, 6.45) is 1.72. The number of carbonyl (C=O) groups is 2. The van der Waals surface area contributed by atoms with Gasteiger partial charge in [-0.15, -0.1) is 0 Å². The van der Waals surface area contributed by atoms with Gasteiger partial charge in [-0.2, -0.15) is 0 Å². The minimum Gasteiger partial charge on any atom is -0.332 e. The Labute approximate surface area is 171 Å². The van der Waals surface area contributed by atoms with E-state index in [0.717, 1.165) is 11.1 Å². The molecule has 0 saturated heterocycles. The van der Waals surface area contributed by atoms with Gasteiger partial charge in [0.25, 0.3) is 5.91 Å². The van der Waals surface area contributed by atoms with Crippen molar-refractivity contribution >= 4 is 33.2 Å². The van der Waals surface area contributed by atoms with Crippen LogP contribution in [0.3, 0.4) is 0 Å². The number of hydrogen-bond donors (Lipinski definition) is 1. The van der Waals surface area contributed by atoms with E-state index in [2.05, 4.69) is 5.32 Å². The number of rotatable bonds is 5. The highest BCUT2D eigenvalue weighted by Crippen LogP contribution is 2.34. The van der Waals surface area contributed by atoms with Gasteiger partial charge in [0.2, 0.25) is 15.9 Å². The van der Waals surface area contributed by atoms with Crippen LogP contribution in [0.2, 0.25) is 0 Å². The van der Waals surface area contributed by atoms with Gasteiger partial charge in [-0.3, -0.25) is 13.9 Å². The average Bonchev–Trinajstić information content (AvgIpc) is 2.97. The van der Waals surface area contributed by atoms with Crippen LogP contribution in [-0.2, 0) is 21.2 Å². The van der Waals surface area contributed by atoms with Crippen LogP contribution in [0.25, 0.3) is 0 Å². The molecule has 0 unspecified atom stereocenters. The van der Waals surface area contributed by atoms with E-state index < -0.39 is 10.0 Å². The molecule has 8 heteroatoms. The zero-order chi connectivity index (χ0) is 21.3. The Morgan fingerprint density at radius 2 is 1.83 bits per heavy atom. The summed E-state index contributed by atoms with van der Waals surface area (Å²) in [7, 11) is -1.81. The van der Waals surface area contributed by atoms with E-state index in [1.54, 1.807) is 25.2 Å². The molecule has 0 aliphatic carbocycles. The molecule has 0 radical (unpaired) electrons. The highest BCUT2D eigenvalue weighted by atomic mass is 32.2. The van der Waals surface area contributed by atoms with E-state index in [1.807, 2.05) is 38.1 Å². The maximum atomic E-state index is 12.8. The fraction of sp³-hybridized carbons (Fsp3) is 0.333. The van der Waals surface area contributed by atoms with Gasteiger partial charge in [-0.1, -0.05) is 17.7 Å². The third kappa shape index (κ3) is 4.59. The molecule has 0 fully saturated rings. The highest BCUT2D eigenvalue weighted by molar-refractivity contribution is 7.92. The third-order valence-corrected chi connectivity index (χ3v) is 6.17. The van der Waals surface area contributed by atoms with Crippen LogP contribution in [-0.4, -0.2) is 51.0 Å². The van der Waals surface area contributed by atoms with Crippen molar-refractivity contribution < 1.29 is 18.0 Å². The Kier molecular flexibility index (Phi) is 5.66. The molecular weight excluding hydrogens is 390 g/mol. The number of anilines is 2. The minimum absolute atomic E-state index is 0.0876. The van der Waals surface area contributed by atoms with E-state index in [4.69, 9.17) is 0 Å². The van der Waals surface area contributed by atoms with Gasteiger partial charge >= 0.3 is 0 Å². The first-order chi connectivity index (χ1) is 13.6. The molecular formula is C21H25N3O4S. The summed E-state index contributed by atoms with van der Waals surface area (Å²) in [5.41, 5.74) is 3.61. The van der Waals surface area contributed by atoms with E-state index in [9.17, 15) is 18.0 Å². The fourth-order valence-electron chi connectivity index (χ4n) is 3.59. The summed E-state index contributed by atoms with van der Waals surface area (Å²) in [6, 6.07) is 12.2. The number of carbonyl (C=O) groups excluding carboxylic acids is 2. The van der Waals surface area contributed by atoms with Gasteiger partial charge < -0.3 is 10.2 Å². The van der Waals surface area contributed by atoms with Crippen molar-refractivity contribution in [1.82, 2.24) is 4.90 Å². The van der Waals surface area contributed by atoms with Crippen molar-refractivity contribution in [3.05, 3.63) is 59.2 Å². The van der Waals surface area contributed by atoms with Crippen molar-refractivity contribution in [3.8, 4) is 0 Å². The second kappa shape index (κ2) is 7.87. The third-order valence-electron chi connectivity index (χ3n) is 4.90. The molecule has 1 aliphatic rings. The van der Waals surface area contributed by atoms with Crippen LogP contribution in [0.15, 0.2) is 42.5 Å². The summed E-state index contributed by atoms with van der Waals surface area (Å²) in [4.78, 5) is 26.3. The summed E-state index contributed by atoms with van der Waals surface area (Å²) in [5, 5.41) is 2.77. The first-order valence-corrected chi connectivity index (χ1v) is 11.2. The lowest BCUT2D eigenvalue weighted by Crippen LogP contribution is -2.35. The number of benzene rings is 2. The van der Waals surface area contributed by atoms with Gasteiger partial charge in [-0.05, 0) is 56.2 Å². The van der Waals surface area contributed by atoms with E-state index >= 15 is 0 Å². The number of fused-ring (bicyclic) bond motifs is 1. The van der Waals surface area contributed by atoms with Crippen molar-refractivity contribution in [1.29, 1.82) is 0 Å². The first-order valence-electron chi connectivity index (χ1n) is 9.30. The van der Waals surface area contributed by atoms with Gasteiger partial charge in [0.15, 0.2) is 0 Å². The van der Waals surface area contributed by atoms with Crippen molar-refractivity contribution in [3.63, 3.8) is 0 Å². The lowest BCUT2D eigenvalue weighted by Gasteiger charge is -2.22. The van der Waals surface area contributed by atoms with Crippen LogP contribution in [0.1, 0.15) is 28.4 Å². The van der Waals surface area contributed by atoms with Crippen molar-refractivity contribution in [2.75, 3.05) is 29.5 Å². The summed E-state index contributed by atoms with van der Waals surface area (Å²) < 4.78 is 25.4. The predicted octanol–water partition coefficient (Wildman–Crippen LogP) is 2.42. The normalized spacial score (nSPS) is 15.7. The fourth-order valence-corrected chi connectivity index (χ4v) is 4.85. The number of likely N-dealkylation sites (N-methyl/N-ethyl adjacent to an activating group) is 1. The zero-order valence-electron chi connectivity index (χ0n) is 17.0. The number of hydrogen-bond acceptors (Lipinski definition) is 4. The molecule has 1 N–H and O–H groups in total. The maximum Gasteiger partial charge on any atom is 0.254 e. The smallest absolute Gasteiger partial charge is 0.254 e. The molecule has 1 aliphatic heterocycles. The minimum atomic E-state index is -3.38. The molecule has 1 atom stereocenters. The summed E-state index contributed by atoms with van der Waals surface area (Å²) in [5.74, 6) is -0.583. The molecule has 0 spiro atoms. The lowest BCUT2D eigenvalue weighted by atomic mass is 10.1. The second-order valence-corrected chi connectivity index (χ2v) is 9.39. The van der Waals surface area contributed by atoms with Crippen LogP contribution >= 0.6 is 0 Å². The van der Waals surface area contributed by atoms with Crippen molar-refractivity contribution in [2.45, 2.75) is 26.3 Å². The topological polar surface area (TPSA) is 86.8 Å². The predicted molar refractivity (Wildman–Crippen MR) is 114 cm³/mol. The standard InChI is InChI=1S/C21H25N3O4S/c1-14-5-8-18(9-6-14)22-20(25)13-23(3)21(26)16-7-10-19-17(12-16)11-15(2)24(19)29(4,27)28/h5-10,12,15H,11,13H2,1-4H3,(H,22,25)/t15-/m1/s1. The molecule has 2 aromatic rings. The van der Waals surface area contributed by atoms with E-state index in [1.165, 1.54) is 15.5 Å². The summed E-state index contributed by atoms with van der Waals surface area (Å²) in [6.45, 7) is 3.71. The molecule has 3 rings (SSSR count). The Balaban J connectivity index is 1.70. The molecule has 0 bridgehead atoms. The monoisotopic (exact) mass is 415 g/mol. The SMILES string of the molecule is Cc1ccc(NC(=O)CN(C)C(=O)c2ccc3c(c2)C[C@@H](C)N3S(C)(=O)=O)cc1. The number of amides is 2. The first kappa shape index (κ1) is 20.9. The number of sulfonamides is 1. The highest BCUT2D eigenvalue weighted by Gasteiger charge is 2.33. The number of nitrogens with zero attached hydrogens (tertiary/aromatic N) is 2. The van der Waals surface area contributed by atoms with Gasteiger partial charge in [-0.25, -0.2) is 8.42 Å². The average molecular weight is 416 g/mol. The second-order valence-electron chi connectivity index (χ2n) is 7.53.